The molecule has 2 aromatic carbocycles. The number of para-hydroxylation sites is 1. The number of hydrogen-bond acceptors (Lipinski definition) is 8. The third-order valence-corrected chi connectivity index (χ3v) is 6.14. The number of benzene rings is 2. The lowest BCUT2D eigenvalue weighted by Gasteiger charge is -2.32. The van der Waals surface area contributed by atoms with Crippen molar-refractivity contribution in [2.24, 2.45) is 0 Å². The molecule has 5 rings (SSSR count). The predicted octanol–water partition coefficient (Wildman–Crippen LogP) is 4.46. The Balaban J connectivity index is 1.27. The van der Waals surface area contributed by atoms with E-state index < -0.39 is 0 Å². The van der Waals surface area contributed by atoms with Crippen molar-refractivity contribution < 1.29 is 14.3 Å². The first kappa shape index (κ1) is 25.2. The smallest absolute Gasteiger partial charge is 0.246 e. The highest BCUT2D eigenvalue weighted by atomic mass is 16.5. The zero-order valence-corrected chi connectivity index (χ0v) is 21.5. The van der Waals surface area contributed by atoms with E-state index in [2.05, 4.69) is 25.5 Å². The second kappa shape index (κ2) is 11.7. The van der Waals surface area contributed by atoms with Gasteiger partial charge in [0.2, 0.25) is 11.8 Å². The lowest BCUT2D eigenvalue weighted by molar-refractivity contribution is -0.127. The highest BCUT2D eigenvalue weighted by Crippen LogP contribution is 2.33. The van der Waals surface area contributed by atoms with Gasteiger partial charge in [-0.25, -0.2) is 9.97 Å². The van der Waals surface area contributed by atoms with Crippen molar-refractivity contribution >= 4 is 22.8 Å². The van der Waals surface area contributed by atoms with Crippen molar-refractivity contribution in [2.75, 3.05) is 39.0 Å². The topological polar surface area (TPSA) is 109 Å². The Morgan fingerprint density at radius 2 is 1.82 bits per heavy atom. The van der Waals surface area contributed by atoms with Crippen LogP contribution in [0, 0.1) is 0 Å². The zero-order valence-electron chi connectivity index (χ0n) is 21.5. The Bertz CT molecular complexity index is 1390. The molecule has 4 aromatic rings. The average Bonchev–Trinajstić information content (AvgIpc) is 3.34. The van der Waals surface area contributed by atoms with Crippen LogP contribution in [0.2, 0.25) is 0 Å². The number of amides is 1. The monoisotopic (exact) mass is 513 g/mol. The molecule has 2 aromatic heterocycles. The van der Waals surface area contributed by atoms with Gasteiger partial charge in [-0.15, -0.1) is 0 Å². The van der Waals surface area contributed by atoms with Crippen LogP contribution in [0.3, 0.4) is 0 Å². The van der Waals surface area contributed by atoms with Crippen LogP contribution in [0.15, 0.2) is 73.1 Å². The van der Waals surface area contributed by atoms with E-state index in [0.29, 0.717) is 40.8 Å². The molecule has 0 saturated carbocycles. The minimum atomic E-state index is 0.0253. The number of hydrogen-bond donors (Lipinski definition) is 2. The molecule has 1 unspecified atom stereocenters. The van der Waals surface area contributed by atoms with E-state index in [1.54, 1.807) is 6.08 Å². The summed E-state index contributed by atoms with van der Waals surface area (Å²) >= 11 is 0. The molecule has 38 heavy (non-hydrogen) atoms. The van der Waals surface area contributed by atoms with Crippen LogP contribution >= 0.6 is 0 Å². The summed E-state index contributed by atoms with van der Waals surface area (Å²) < 4.78 is 12.0. The van der Waals surface area contributed by atoms with Gasteiger partial charge < -0.3 is 24.6 Å². The van der Waals surface area contributed by atoms with E-state index in [1.807, 2.05) is 84.6 Å². The van der Waals surface area contributed by atoms with Crippen molar-refractivity contribution in [1.82, 2.24) is 30.0 Å². The number of carbonyl (C=O) groups is 1. The number of anilines is 1. The summed E-state index contributed by atoms with van der Waals surface area (Å²) in [5.74, 6) is 3.09. The molecule has 0 radical (unpaired) electrons. The number of likely N-dealkylation sites (N-methyl/N-ethyl adjacent to an activating group) is 1. The fourth-order valence-electron chi connectivity index (χ4n) is 4.28. The molecule has 10 nitrogen and oxygen atoms in total. The fourth-order valence-corrected chi connectivity index (χ4v) is 4.28. The predicted molar refractivity (Wildman–Crippen MR) is 146 cm³/mol. The molecular weight excluding hydrogens is 482 g/mol. The summed E-state index contributed by atoms with van der Waals surface area (Å²) in [6.45, 7) is 2.06. The van der Waals surface area contributed by atoms with E-state index in [4.69, 9.17) is 9.47 Å². The summed E-state index contributed by atoms with van der Waals surface area (Å²) in [6, 6.07) is 17.0. The first-order valence-corrected chi connectivity index (χ1v) is 12.6. The van der Waals surface area contributed by atoms with E-state index >= 15 is 0 Å². The van der Waals surface area contributed by atoms with Crippen LogP contribution in [0.25, 0.3) is 11.0 Å². The standard InChI is InChI=1S/C28H31N7O3/c1-34(2)16-7-11-24(36)35-17-6-8-20(18-35)31-27-25-26(32-33-27)29-19-30-28(25)38-23-14-12-22(13-15-23)37-21-9-4-3-5-10-21/h3-5,7,9-15,19-20H,6,8,16-18H2,1-2H3,(H2,29,30,31,32,33)/b11-7+. The Morgan fingerprint density at radius 3 is 2.58 bits per heavy atom. The van der Waals surface area contributed by atoms with Gasteiger partial charge in [0.25, 0.3) is 0 Å². The fraction of sp³-hybridized carbons (Fsp3) is 0.286. The van der Waals surface area contributed by atoms with Crippen LogP contribution in [-0.2, 0) is 4.79 Å². The number of aromatic amines is 1. The van der Waals surface area contributed by atoms with Crippen LogP contribution in [0.5, 0.6) is 23.1 Å². The number of rotatable bonds is 9. The Kier molecular flexibility index (Phi) is 7.79. The Labute approximate surface area is 221 Å². The number of piperidine rings is 1. The number of nitrogens with one attached hydrogen (secondary N) is 2. The second-order valence-electron chi connectivity index (χ2n) is 9.40. The van der Waals surface area contributed by atoms with Gasteiger partial charge in [-0.1, -0.05) is 24.3 Å². The van der Waals surface area contributed by atoms with E-state index in [0.717, 1.165) is 31.7 Å². The highest BCUT2D eigenvalue weighted by Gasteiger charge is 2.25. The summed E-state index contributed by atoms with van der Waals surface area (Å²) in [4.78, 5) is 25.2. The number of nitrogens with zero attached hydrogens (tertiary/aromatic N) is 5. The minimum Gasteiger partial charge on any atom is -0.457 e. The van der Waals surface area contributed by atoms with Gasteiger partial charge >= 0.3 is 0 Å². The average molecular weight is 514 g/mol. The molecule has 196 valence electrons. The maximum atomic E-state index is 12.6. The van der Waals surface area contributed by atoms with E-state index in [-0.39, 0.29) is 11.9 Å². The first-order chi connectivity index (χ1) is 18.5. The molecule has 1 aliphatic heterocycles. The molecule has 1 amide bonds. The van der Waals surface area contributed by atoms with Crippen LogP contribution in [0.4, 0.5) is 5.82 Å². The molecule has 1 saturated heterocycles. The van der Waals surface area contributed by atoms with Crippen molar-refractivity contribution in [3.63, 3.8) is 0 Å². The van der Waals surface area contributed by atoms with Crippen LogP contribution < -0.4 is 14.8 Å². The molecule has 10 heteroatoms. The van der Waals surface area contributed by atoms with Gasteiger partial charge in [0.05, 0.1) is 0 Å². The van der Waals surface area contributed by atoms with Crippen molar-refractivity contribution in [1.29, 1.82) is 0 Å². The first-order valence-electron chi connectivity index (χ1n) is 12.6. The molecule has 0 aliphatic carbocycles. The largest absolute Gasteiger partial charge is 0.457 e. The molecule has 1 fully saturated rings. The SMILES string of the molecule is CN(C)C/C=C/C(=O)N1CCCC(Nc2n[nH]c3ncnc(Oc4ccc(Oc5ccccc5)cc4)c23)C1. The maximum absolute atomic E-state index is 12.6. The van der Waals surface area contributed by atoms with Gasteiger partial charge in [-0.3, -0.25) is 9.89 Å². The summed E-state index contributed by atoms with van der Waals surface area (Å²) in [6.07, 6.45) is 6.81. The maximum Gasteiger partial charge on any atom is 0.246 e. The normalized spacial score (nSPS) is 15.8. The van der Waals surface area contributed by atoms with Crippen molar-refractivity contribution in [2.45, 2.75) is 18.9 Å². The van der Waals surface area contributed by atoms with Crippen LogP contribution in [0.1, 0.15) is 12.8 Å². The van der Waals surface area contributed by atoms with Crippen molar-refractivity contribution in [3.8, 4) is 23.1 Å². The quantitative estimate of drug-likeness (QED) is 0.316. The molecular formula is C28H31N7O3. The lowest BCUT2D eigenvalue weighted by Crippen LogP contribution is -2.44. The number of ether oxygens (including phenoxy) is 2. The van der Waals surface area contributed by atoms with E-state index in [1.165, 1.54) is 6.33 Å². The third kappa shape index (κ3) is 6.27. The molecule has 1 atom stereocenters. The van der Waals surface area contributed by atoms with Crippen molar-refractivity contribution in [3.05, 3.63) is 73.1 Å². The molecule has 3 heterocycles. The van der Waals surface area contributed by atoms with Crippen LogP contribution in [-0.4, -0.2) is 75.6 Å². The van der Waals surface area contributed by atoms with Gasteiger partial charge in [-0.2, -0.15) is 5.10 Å². The summed E-state index contributed by atoms with van der Waals surface area (Å²) in [5, 5.41) is 11.5. The van der Waals surface area contributed by atoms with Gasteiger partial charge in [0, 0.05) is 31.8 Å². The molecule has 0 bridgehead atoms. The third-order valence-electron chi connectivity index (χ3n) is 6.14. The Morgan fingerprint density at radius 1 is 1.08 bits per heavy atom. The minimum absolute atomic E-state index is 0.0253. The number of H-pyrrole nitrogens is 1. The molecule has 1 aliphatic rings. The zero-order chi connectivity index (χ0) is 26.3. The number of fused-ring (bicyclic) bond motifs is 1. The highest BCUT2D eigenvalue weighted by molar-refractivity contribution is 5.92. The number of aromatic nitrogens is 4. The van der Waals surface area contributed by atoms with Gasteiger partial charge in [0.15, 0.2) is 11.5 Å². The Hall–Kier alpha value is -4.44. The lowest BCUT2D eigenvalue weighted by atomic mass is 10.1. The van der Waals surface area contributed by atoms with Gasteiger partial charge in [0.1, 0.15) is 29.0 Å². The summed E-state index contributed by atoms with van der Waals surface area (Å²) in [5.41, 5.74) is 0.567. The molecule has 2 N–H and O–H groups in total. The summed E-state index contributed by atoms with van der Waals surface area (Å²) in [7, 11) is 3.95. The number of carbonyl (C=O) groups excluding carboxylic acids is 1. The number of likely N-dealkylation sites (tertiary alicyclic amines) is 1. The second-order valence-corrected chi connectivity index (χ2v) is 9.40. The van der Waals surface area contributed by atoms with E-state index in [9.17, 15) is 4.79 Å². The molecule has 0 spiro atoms. The van der Waals surface area contributed by atoms with Gasteiger partial charge in [-0.05, 0) is 63.3 Å².